The van der Waals surface area contributed by atoms with Gasteiger partial charge in [0.15, 0.2) is 0 Å². The van der Waals surface area contributed by atoms with Crippen molar-refractivity contribution in [3.63, 3.8) is 0 Å². The second-order valence-electron chi connectivity index (χ2n) is 5.56. The normalized spacial score (nSPS) is 13.9. The zero-order chi connectivity index (χ0) is 12.3. The van der Waals surface area contributed by atoms with Gasteiger partial charge in [-0.3, -0.25) is 0 Å². The lowest BCUT2D eigenvalue weighted by Crippen LogP contribution is -2.16. The number of hydrogen-bond acceptors (Lipinski definition) is 1. The van der Waals surface area contributed by atoms with Crippen LogP contribution >= 0.6 is 0 Å². The Hall–Kier alpha value is -0.820. The van der Waals surface area contributed by atoms with E-state index in [0.29, 0.717) is 0 Å². The van der Waals surface area contributed by atoms with Crippen LogP contribution in [0.3, 0.4) is 0 Å². The first-order valence-electron chi connectivity index (χ1n) is 6.15. The van der Waals surface area contributed by atoms with E-state index in [1.165, 1.54) is 16.7 Å². The van der Waals surface area contributed by atoms with Gasteiger partial charge < -0.3 is 5.11 Å². The number of aliphatic hydroxyl groups excluding tert-OH is 1. The lowest BCUT2D eigenvalue weighted by atomic mass is 9.79. The second-order valence-corrected chi connectivity index (χ2v) is 5.56. The zero-order valence-corrected chi connectivity index (χ0v) is 11.2. The van der Waals surface area contributed by atoms with E-state index in [-0.39, 0.29) is 17.9 Å². The topological polar surface area (TPSA) is 20.2 Å². The fourth-order valence-corrected chi connectivity index (χ4v) is 2.26. The molecule has 1 nitrogen and oxygen atoms in total. The summed E-state index contributed by atoms with van der Waals surface area (Å²) < 4.78 is 0. The van der Waals surface area contributed by atoms with Crippen LogP contribution in [0.1, 0.15) is 57.2 Å². The van der Waals surface area contributed by atoms with Gasteiger partial charge in [-0.25, -0.2) is 0 Å². The molecular weight excluding hydrogens is 196 g/mol. The first-order chi connectivity index (χ1) is 7.41. The van der Waals surface area contributed by atoms with Crippen LogP contribution in [0.15, 0.2) is 18.2 Å². The molecule has 1 rings (SSSR count). The van der Waals surface area contributed by atoms with Gasteiger partial charge in [0, 0.05) is 12.5 Å². The summed E-state index contributed by atoms with van der Waals surface area (Å²) in [6.45, 7) is 11.2. The summed E-state index contributed by atoms with van der Waals surface area (Å²) in [5, 5.41) is 9.30. The van der Waals surface area contributed by atoms with Gasteiger partial charge in [-0.1, -0.05) is 52.8 Å². The van der Waals surface area contributed by atoms with Crippen LogP contribution in [0.4, 0.5) is 0 Å². The maximum Gasteiger partial charge on any atom is 0.0497 e. The molecule has 90 valence electrons. The molecule has 0 aliphatic rings. The number of rotatable bonds is 3. The molecule has 16 heavy (non-hydrogen) atoms. The van der Waals surface area contributed by atoms with E-state index in [9.17, 15) is 5.11 Å². The molecule has 0 heterocycles. The quantitative estimate of drug-likeness (QED) is 0.824. The highest BCUT2D eigenvalue weighted by atomic mass is 16.3. The Balaban J connectivity index is 3.32. The van der Waals surface area contributed by atoms with Crippen molar-refractivity contribution in [2.75, 3.05) is 6.61 Å². The fourth-order valence-electron chi connectivity index (χ4n) is 2.26. The van der Waals surface area contributed by atoms with Crippen molar-refractivity contribution in [3.8, 4) is 0 Å². The van der Waals surface area contributed by atoms with Gasteiger partial charge in [-0.2, -0.15) is 0 Å². The van der Waals surface area contributed by atoms with E-state index in [4.69, 9.17) is 0 Å². The van der Waals surface area contributed by atoms with Crippen molar-refractivity contribution in [3.05, 3.63) is 34.9 Å². The molecular formula is C15H24O. The van der Waals surface area contributed by atoms with Gasteiger partial charge in [0.2, 0.25) is 0 Å². The predicted molar refractivity (Wildman–Crippen MR) is 70.0 cm³/mol. The molecule has 0 radical (unpaired) electrons. The molecule has 0 aliphatic heterocycles. The highest BCUT2D eigenvalue weighted by Crippen LogP contribution is 2.31. The molecule has 0 aliphatic carbocycles. The van der Waals surface area contributed by atoms with Crippen LogP contribution in [-0.4, -0.2) is 11.7 Å². The number of aliphatic hydroxyl groups is 1. The van der Waals surface area contributed by atoms with Gasteiger partial charge >= 0.3 is 0 Å². The first kappa shape index (κ1) is 13.2. The van der Waals surface area contributed by atoms with Gasteiger partial charge in [0.25, 0.3) is 0 Å². The molecule has 1 aromatic carbocycles. The van der Waals surface area contributed by atoms with Gasteiger partial charge in [0.05, 0.1) is 0 Å². The summed E-state index contributed by atoms with van der Waals surface area (Å²) in [6.07, 6.45) is 1.03. The predicted octanol–water partition coefficient (Wildman–Crippen LogP) is 3.64. The van der Waals surface area contributed by atoms with Crippen LogP contribution < -0.4 is 0 Å². The van der Waals surface area contributed by atoms with Crippen LogP contribution in [0.5, 0.6) is 0 Å². The summed E-state index contributed by atoms with van der Waals surface area (Å²) in [5.41, 5.74) is 4.30. The highest BCUT2D eigenvalue weighted by Gasteiger charge is 2.20. The average Bonchev–Trinajstić information content (AvgIpc) is 2.25. The summed E-state index contributed by atoms with van der Waals surface area (Å²) in [5.74, 6) is 0.234. The summed E-state index contributed by atoms with van der Waals surface area (Å²) in [7, 11) is 0. The van der Waals surface area contributed by atoms with Crippen molar-refractivity contribution >= 4 is 0 Å². The minimum absolute atomic E-state index is 0.177. The third kappa shape index (κ3) is 2.65. The van der Waals surface area contributed by atoms with Gasteiger partial charge in [-0.05, 0) is 28.5 Å². The minimum atomic E-state index is 0.177. The van der Waals surface area contributed by atoms with Gasteiger partial charge in [-0.15, -0.1) is 0 Å². The molecule has 1 heteroatoms. The third-order valence-electron chi connectivity index (χ3n) is 3.18. The van der Waals surface area contributed by atoms with Crippen LogP contribution in [0, 0.1) is 0 Å². The number of benzene rings is 1. The molecule has 1 N–H and O–H groups in total. The Morgan fingerprint density at radius 2 is 1.88 bits per heavy atom. The van der Waals surface area contributed by atoms with Crippen molar-refractivity contribution in [1.29, 1.82) is 0 Å². The summed E-state index contributed by atoms with van der Waals surface area (Å²) in [6, 6.07) is 6.47. The van der Waals surface area contributed by atoms with Crippen molar-refractivity contribution in [2.45, 2.75) is 52.4 Å². The summed E-state index contributed by atoms with van der Waals surface area (Å²) in [4.78, 5) is 0. The highest BCUT2D eigenvalue weighted by molar-refractivity contribution is 5.41. The zero-order valence-electron chi connectivity index (χ0n) is 11.2. The van der Waals surface area contributed by atoms with E-state index in [2.05, 4.69) is 52.8 Å². The Morgan fingerprint density at radius 3 is 2.31 bits per heavy atom. The van der Waals surface area contributed by atoms with Crippen molar-refractivity contribution < 1.29 is 5.11 Å². The molecule has 0 saturated carbocycles. The Labute approximate surface area is 99.5 Å². The van der Waals surface area contributed by atoms with E-state index in [0.717, 1.165) is 6.42 Å². The Kier molecular flexibility index (Phi) is 4.15. The van der Waals surface area contributed by atoms with Gasteiger partial charge in [0.1, 0.15) is 0 Å². The number of hydrogen-bond donors (Lipinski definition) is 1. The molecule has 0 amide bonds. The minimum Gasteiger partial charge on any atom is -0.396 e. The largest absolute Gasteiger partial charge is 0.396 e. The lowest BCUT2D eigenvalue weighted by Gasteiger charge is -2.26. The first-order valence-corrected chi connectivity index (χ1v) is 6.15. The smallest absolute Gasteiger partial charge is 0.0497 e. The van der Waals surface area contributed by atoms with Crippen molar-refractivity contribution in [1.82, 2.24) is 0 Å². The lowest BCUT2D eigenvalue weighted by molar-refractivity contribution is 0.272. The Morgan fingerprint density at radius 1 is 1.25 bits per heavy atom. The maximum atomic E-state index is 9.30. The van der Waals surface area contributed by atoms with E-state index in [1.54, 1.807) is 0 Å². The van der Waals surface area contributed by atoms with E-state index < -0.39 is 0 Å². The van der Waals surface area contributed by atoms with E-state index in [1.807, 2.05) is 0 Å². The second kappa shape index (κ2) is 5.01. The molecule has 0 fully saturated rings. The molecule has 1 atom stereocenters. The summed E-state index contributed by atoms with van der Waals surface area (Å²) >= 11 is 0. The van der Waals surface area contributed by atoms with Crippen LogP contribution in [-0.2, 0) is 11.8 Å². The molecule has 1 unspecified atom stereocenters. The van der Waals surface area contributed by atoms with Crippen LogP contribution in [0.2, 0.25) is 0 Å². The molecule has 1 aromatic rings. The Bertz CT molecular complexity index is 347. The van der Waals surface area contributed by atoms with E-state index >= 15 is 0 Å². The monoisotopic (exact) mass is 220 g/mol. The maximum absolute atomic E-state index is 9.30. The van der Waals surface area contributed by atoms with Crippen molar-refractivity contribution in [2.24, 2.45) is 0 Å². The molecule has 0 spiro atoms. The molecule has 0 aromatic heterocycles. The average molecular weight is 220 g/mol. The standard InChI is InChI=1S/C15H24O/c1-6-12-13(11(2)10-16)8-7-9-14(12)15(3,4)5/h7-9,11,16H,6,10H2,1-5H3. The fraction of sp³-hybridized carbons (Fsp3) is 0.600. The SMILES string of the molecule is CCc1c(C(C)CO)cccc1C(C)(C)C. The third-order valence-corrected chi connectivity index (χ3v) is 3.18. The molecule has 0 bridgehead atoms. The molecule has 0 saturated heterocycles. The van der Waals surface area contributed by atoms with Crippen LogP contribution in [0.25, 0.3) is 0 Å².